The fourth-order valence-electron chi connectivity index (χ4n) is 2.29. The number of rotatable bonds is 4. The zero-order valence-corrected chi connectivity index (χ0v) is 14.9. The van der Waals surface area contributed by atoms with E-state index < -0.39 is 0 Å². The lowest BCUT2D eigenvalue weighted by atomic mass is 9.86. The van der Waals surface area contributed by atoms with Gasteiger partial charge < -0.3 is 11.1 Å². The van der Waals surface area contributed by atoms with Gasteiger partial charge >= 0.3 is 0 Å². The van der Waals surface area contributed by atoms with Gasteiger partial charge in [0.1, 0.15) is 5.69 Å². The largest absolute Gasteiger partial charge is 0.346 e. The van der Waals surface area contributed by atoms with Crippen LogP contribution in [0.2, 0.25) is 0 Å². The normalized spacial score (nSPS) is 12.4. The lowest BCUT2D eigenvalue weighted by molar-refractivity contribution is 0.0896. The number of nitrogens with one attached hydrogen (secondary N) is 1. The maximum absolute atomic E-state index is 12.5. The van der Waals surface area contributed by atoms with Gasteiger partial charge in [-0.2, -0.15) is 5.10 Å². The van der Waals surface area contributed by atoms with Gasteiger partial charge in [0.05, 0.1) is 5.69 Å². The van der Waals surface area contributed by atoms with Crippen molar-refractivity contribution < 1.29 is 4.79 Å². The minimum atomic E-state index is -0.150. The minimum Gasteiger partial charge on any atom is -0.346 e. The summed E-state index contributed by atoms with van der Waals surface area (Å²) in [5.74, 6) is -0.150. The highest BCUT2D eigenvalue weighted by Crippen LogP contribution is 2.21. The zero-order chi connectivity index (χ0) is 16.3. The Labute approximate surface area is 143 Å². The highest BCUT2D eigenvalue weighted by atomic mass is 35.5. The SMILES string of the molecule is Cl.Cn1nc(-c2ccccc2)cc1C(=O)NC(CN)C(C)(C)C. The third-order valence-corrected chi connectivity index (χ3v) is 3.77. The molecule has 0 radical (unpaired) electrons. The lowest BCUT2D eigenvalue weighted by Crippen LogP contribution is -2.48. The Morgan fingerprint density at radius 3 is 2.43 bits per heavy atom. The van der Waals surface area contributed by atoms with E-state index in [0.717, 1.165) is 11.3 Å². The number of amides is 1. The topological polar surface area (TPSA) is 72.9 Å². The monoisotopic (exact) mass is 336 g/mol. The molecule has 0 aliphatic rings. The van der Waals surface area contributed by atoms with Crippen LogP contribution >= 0.6 is 12.4 Å². The number of carbonyl (C=O) groups excluding carboxylic acids is 1. The Bertz CT molecular complexity index is 646. The number of aromatic nitrogens is 2. The van der Waals surface area contributed by atoms with Crippen LogP contribution < -0.4 is 11.1 Å². The molecule has 0 saturated heterocycles. The van der Waals surface area contributed by atoms with Crippen LogP contribution in [0.15, 0.2) is 36.4 Å². The number of hydrogen-bond acceptors (Lipinski definition) is 3. The van der Waals surface area contributed by atoms with Crippen molar-refractivity contribution >= 4 is 18.3 Å². The summed E-state index contributed by atoms with van der Waals surface area (Å²) < 4.78 is 1.61. The molecule has 0 aliphatic heterocycles. The minimum absolute atomic E-state index is 0. The molecule has 1 amide bonds. The van der Waals surface area contributed by atoms with Crippen LogP contribution in [0.3, 0.4) is 0 Å². The number of benzene rings is 1. The molecule has 1 aromatic heterocycles. The second-order valence-electron chi connectivity index (χ2n) is 6.53. The quantitative estimate of drug-likeness (QED) is 0.901. The van der Waals surface area contributed by atoms with Gasteiger partial charge in [0, 0.05) is 25.2 Å². The Kier molecular flexibility index (Phi) is 6.36. The molecule has 2 rings (SSSR count). The van der Waals surface area contributed by atoms with Crippen molar-refractivity contribution in [2.75, 3.05) is 6.54 Å². The van der Waals surface area contributed by atoms with E-state index in [0.29, 0.717) is 12.2 Å². The molecule has 5 nitrogen and oxygen atoms in total. The molecule has 126 valence electrons. The third-order valence-electron chi connectivity index (χ3n) is 3.77. The van der Waals surface area contributed by atoms with E-state index in [2.05, 4.69) is 31.2 Å². The lowest BCUT2D eigenvalue weighted by Gasteiger charge is -2.30. The second kappa shape index (κ2) is 7.62. The molecular weight excluding hydrogens is 312 g/mol. The van der Waals surface area contributed by atoms with Crippen LogP contribution in [0, 0.1) is 5.41 Å². The molecule has 2 aromatic rings. The summed E-state index contributed by atoms with van der Waals surface area (Å²) in [6, 6.07) is 11.5. The average Bonchev–Trinajstić information content (AvgIpc) is 2.86. The van der Waals surface area contributed by atoms with Gasteiger partial charge in [-0.3, -0.25) is 9.48 Å². The first kappa shape index (κ1) is 19.2. The summed E-state index contributed by atoms with van der Waals surface area (Å²) in [4.78, 5) is 12.5. The smallest absolute Gasteiger partial charge is 0.269 e. The van der Waals surface area contributed by atoms with Gasteiger partial charge in [-0.15, -0.1) is 12.4 Å². The molecule has 0 spiro atoms. The van der Waals surface area contributed by atoms with E-state index in [9.17, 15) is 4.79 Å². The third kappa shape index (κ3) is 4.56. The summed E-state index contributed by atoms with van der Waals surface area (Å²) in [5, 5.41) is 7.43. The Hall–Kier alpha value is -1.85. The van der Waals surface area contributed by atoms with Crippen molar-refractivity contribution in [2.24, 2.45) is 18.2 Å². The van der Waals surface area contributed by atoms with Gasteiger partial charge in [0.2, 0.25) is 0 Å². The Balaban J connectivity index is 0.00000264. The molecule has 1 heterocycles. The van der Waals surface area contributed by atoms with Gasteiger partial charge in [0.15, 0.2) is 0 Å². The Morgan fingerprint density at radius 1 is 1.30 bits per heavy atom. The molecule has 0 bridgehead atoms. The highest BCUT2D eigenvalue weighted by Gasteiger charge is 2.26. The molecule has 1 atom stereocenters. The predicted molar refractivity (Wildman–Crippen MR) is 95.7 cm³/mol. The maximum Gasteiger partial charge on any atom is 0.269 e. The maximum atomic E-state index is 12.5. The van der Waals surface area contributed by atoms with E-state index >= 15 is 0 Å². The summed E-state index contributed by atoms with van der Waals surface area (Å²) in [6.07, 6.45) is 0. The van der Waals surface area contributed by atoms with Crippen molar-refractivity contribution in [3.63, 3.8) is 0 Å². The van der Waals surface area contributed by atoms with Gasteiger partial charge in [0.25, 0.3) is 5.91 Å². The van der Waals surface area contributed by atoms with Crippen LogP contribution in [0.25, 0.3) is 11.3 Å². The first-order chi connectivity index (χ1) is 10.3. The van der Waals surface area contributed by atoms with E-state index in [1.54, 1.807) is 17.8 Å². The predicted octanol–water partition coefficient (Wildman–Crippen LogP) is 2.61. The molecule has 3 N–H and O–H groups in total. The van der Waals surface area contributed by atoms with Gasteiger partial charge in [-0.25, -0.2) is 0 Å². The molecular formula is C17H25ClN4O. The number of nitrogens with two attached hydrogens (primary N) is 1. The van der Waals surface area contributed by atoms with Crippen molar-refractivity contribution in [1.29, 1.82) is 0 Å². The number of carbonyl (C=O) groups is 1. The zero-order valence-electron chi connectivity index (χ0n) is 14.0. The number of halogens is 1. The van der Waals surface area contributed by atoms with Crippen LogP contribution in [0.4, 0.5) is 0 Å². The fourth-order valence-corrected chi connectivity index (χ4v) is 2.29. The Morgan fingerprint density at radius 2 is 1.91 bits per heavy atom. The first-order valence-corrected chi connectivity index (χ1v) is 7.43. The van der Waals surface area contributed by atoms with Crippen LogP contribution in [-0.4, -0.2) is 28.3 Å². The van der Waals surface area contributed by atoms with Crippen molar-refractivity contribution in [3.8, 4) is 11.3 Å². The highest BCUT2D eigenvalue weighted by molar-refractivity contribution is 5.94. The second-order valence-corrected chi connectivity index (χ2v) is 6.53. The molecule has 1 unspecified atom stereocenters. The van der Waals surface area contributed by atoms with E-state index in [-0.39, 0.29) is 29.8 Å². The van der Waals surface area contributed by atoms with E-state index in [4.69, 9.17) is 5.73 Å². The standard InChI is InChI=1S/C17H24N4O.ClH/c1-17(2,3)15(11-18)19-16(22)14-10-13(20-21(14)4)12-8-6-5-7-9-12;/h5-10,15H,11,18H2,1-4H3,(H,19,22);1H. The molecule has 23 heavy (non-hydrogen) atoms. The van der Waals surface area contributed by atoms with Crippen LogP contribution in [0.5, 0.6) is 0 Å². The first-order valence-electron chi connectivity index (χ1n) is 7.43. The number of hydrogen-bond donors (Lipinski definition) is 2. The van der Waals surface area contributed by atoms with Crippen LogP contribution in [0.1, 0.15) is 31.3 Å². The molecule has 0 fully saturated rings. The van der Waals surface area contributed by atoms with Gasteiger partial charge in [-0.1, -0.05) is 51.1 Å². The summed E-state index contributed by atoms with van der Waals surface area (Å²) in [5.41, 5.74) is 7.99. The number of nitrogens with zero attached hydrogens (tertiary/aromatic N) is 2. The molecule has 6 heteroatoms. The number of aryl methyl sites for hydroxylation is 1. The van der Waals surface area contributed by atoms with Crippen molar-refractivity contribution in [1.82, 2.24) is 15.1 Å². The summed E-state index contributed by atoms with van der Waals surface area (Å²) >= 11 is 0. The van der Waals surface area contributed by atoms with Gasteiger partial charge in [-0.05, 0) is 11.5 Å². The summed E-state index contributed by atoms with van der Waals surface area (Å²) in [6.45, 7) is 6.58. The van der Waals surface area contributed by atoms with Crippen molar-refractivity contribution in [2.45, 2.75) is 26.8 Å². The van der Waals surface area contributed by atoms with Crippen molar-refractivity contribution in [3.05, 3.63) is 42.1 Å². The average molecular weight is 337 g/mol. The summed E-state index contributed by atoms with van der Waals surface area (Å²) in [7, 11) is 1.77. The van der Waals surface area contributed by atoms with Crippen LogP contribution in [-0.2, 0) is 7.05 Å². The molecule has 0 aliphatic carbocycles. The van der Waals surface area contributed by atoms with E-state index in [1.165, 1.54) is 0 Å². The van der Waals surface area contributed by atoms with E-state index in [1.807, 2.05) is 30.3 Å². The fraction of sp³-hybridized carbons (Fsp3) is 0.412. The molecule has 1 aromatic carbocycles. The molecule has 0 saturated carbocycles.